The summed E-state index contributed by atoms with van der Waals surface area (Å²) in [7, 11) is 1.75. The molecule has 0 aliphatic carbocycles. The number of halogens is 1. The number of para-hydroxylation sites is 1. The van der Waals surface area contributed by atoms with Crippen molar-refractivity contribution in [2.45, 2.75) is 12.8 Å². The van der Waals surface area contributed by atoms with Crippen LogP contribution in [0.15, 0.2) is 24.3 Å². The van der Waals surface area contributed by atoms with E-state index in [9.17, 15) is 9.18 Å². The zero-order valence-electron chi connectivity index (χ0n) is 11.7. The summed E-state index contributed by atoms with van der Waals surface area (Å²) in [6.45, 7) is 2.08. The third-order valence-corrected chi connectivity index (χ3v) is 3.49. The molecule has 4 nitrogen and oxygen atoms in total. The Kier molecular flexibility index (Phi) is 5.35. The minimum Gasteiger partial charge on any atom is -0.481 e. The fourth-order valence-corrected chi connectivity index (χ4v) is 2.23. The minimum absolute atomic E-state index is 0.111. The molecule has 2 rings (SSSR count). The number of nitrogens with zero attached hydrogens (tertiary/aromatic N) is 1. The largest absolute Gasteiger partial charge is 0.481 e. The number of carbonyl (C=O) groups excluding carboxylic acids is 1. The molecule has 0 N–H and O–H groups in total. The molecule has 110 valence electrons. The van der Waals surface area contributed by atoms with Gasteiger partial charge in [-0.1, -0.05) is 12.1 Å². The molecular weight excluding hydrogens is 261 g/mol. The summed E-state index contributed by atoms with van der Waals surface area (Å²) in [6.07, 6.45) is 1.96. The van der Waals surface area contributed by atoms with Crippen LogP contribution in [0.3, 0.4) is 0 Å². The van der Waals surface area contributed by atoms with E-state index in [1.54, 1.807) is 24.1 Å². The van der Waals surface area contributed by atoms with Crippen molar-refractivity contribution < 1.29 is 18.7 Å². The normalized spacial score (nSPS) is 15.9. The Morgan fingerprint density at radius 1 is 1.40 bits per heavy atom. The van der Waals surface area contributed by atoms with E-state index in [0.29, 0.717) is 12.5 Å². The van der Waals surface area contributed by atoms with Crippen LogP contribution in [-0.4, -0.2) is 44.2 Å². The molecule has 1 aliphatic rings. The predicted molar refractivity (Wildman–Crippen MR) is 73.1 cm³/mol. The fraction of sp³-hybridized carbons (Fsp3) is 0.533. The van der Waals surface area contributed by atoms with Gasteiger partial charge in [-0.05, 0) is 30.9 Å². The minimum atomic E-state index is -0.451. The summed E-state index contributed by atoms with van der Waals surface area (Å²) in [5, 5.41) is 0. The van der Waals surface area contributed by atoms with Gasteiger partial charge in [0.15, 0.2) is 18.2 Å². The molecule has 1 aromatic rings. The van der Waals surface area contributed by atoms with Gasteiger partial charge < -0.3 is 14.4 Å². The lowest BCUT2D eigenvalue weighted by Crippen LogP contribution is -2.37. The maximum atomic E-state index is 13.4. The lowest BCUT2D eigenvalue weighted by atomic mass is 10.00. The maximum absolute atomic E-state index is 13.4. The Morgan fingerprint density at radius 3 is 2.80 bits per heavy atom. The molecule has 0 spiro atoms. The van der Waals surface area contributed by atoms with Gasteiger partial charge >= 0.3 is 0 Å². The summed E-state index contributed by atoms with van der Waals surface area (Å²) in [4.78, 5) is 13.6. The first-order valence-corrected chi connectivity index (χ1v) is 6.86. The first-order valence-electron chi connectivity index (χ1n) is 6.86. The molecule has 20 heavy (non-hydrogen) atoms. The lowest BCUT2D eigenvalue weighted by molar-refractivity contribution is -0.133. The number of hydrogen-bond acceptors (Lipinski definition) is 3. The third-order valence-electron chi connectivity index (χ3n) is 3.49. The van der Waals surface area contributed by atoms with Crippen LogP contribution in [0.25, 0.3) is 0 Å². The van der Waals surface area contributed by atoms with Gasteiger partial charge in [0.1, 0.15) is 0 Å². The Balaban J connectivity index is 1.77. The molecule has 1 heterocycles. The van der Waals surface area contributed by atoms with E-state index in [0.717, 1.165) is 26.1 Å². The highest BCUT2D eigenvalue weighted by Gasteiger charge is 2.19. The van der Waals surface area contributed by atoms with Crippen molar-refractivity contribution in [1.82, 2.24) is 4.90 Å². The Bertz CT molecular complexity index is 446. The van der Waals surface area contributed by atoms with Gasteiger partial charge in [0.25, 0.3) is 5.91 Å². The van der Waals surface area contributed by atoms with Crippen molar-refractivity contribution in [1.29, 1.82) is 0 Å². The molecule has 0 saturated carbocycles. The molecule has 5 heteroatoms. The molecule has 0 radical (unpaired) electrons. The molecule has 1 saturated heterocycles. The van der Waals surface area contributed by atoms with Gasteiger partial charge in [0.05, 0.1) is 0 Å². The number of likely N-dealkylation sites (N-methyl/N-ethyl adjacent to an activating group) is 1. The second-order valence-electron chi connectivity index (χ2n) is 5.05. The van der Waals surface area contributed by atoms with E-state index in [4.69, 9.17) is 9.47 Å². The number of rotatable bonds is 5. The van der Waals surface area contributed by atoms with Crippen molar-refractivity contribution in [2.24, 2.45) is 5.92 Å². The highest BCUT2D eigenvalue weighted by atomic mass is 19.1. The summed E-state index contributed by atoms with van der Waals surface area (Å²) < 4.78 is 23.9. The molecule has 1 aliphatic heterocycles. The quantitative estimate of drug-likeness (QED) is 0.829. The summed E-state index contributed by atoms with van der Waals surface area (Å²) in [6, 6.07) is 6.09. The van der Waals surface area contributed by atoms with Crippen molar-refractivity contribution in [3.63, 3.8) is 0 Å². The smallest absolute Gasteiger partial charge is 0.260 e. The Morgan fingerprint density at radius 2 is 2.10 bits per heavy atom. The topological polar surface area (TPSA) is 38.8 Å². The van der Waals surface area contributed by atoms with Crippen LogP contribution < -0.4 is 4.74 Å². The van der Waals surface area contributed by atoms with E-state index in [-0.39, 0.29) is 18.3 Å². The SMILES string of the molecule is CN(CC1CCOCC1)C(=O)COc1ccccc1F. The molecule has 1 aromatic carbocycles. The van der Waals surface area contributed by atoms with Crippen molar-refractivity contribution in [3.05, 3.63) is 30.1 Å². The van der Waals surface area contributed by atoms with Crippen molar-refractivity contribution >= 4 is 5.91 Å². The van der Waals surface area contributed by atoms with Crippen LogP contribution in [0.5, 0.6) is 5.75 Å². The van der Waals surface area contributed by atoms with Gasteiger partial charge in [-0.15, -0.1) is 0 Å². The van der Waals surface area contributed by atoms with E-state index in [1.807, 2.05) is 0 Å². The first kappa shape index (κ1) is 14.8. The molecular formula is C15H20FNO3. The molecule has 0 atom stereocenters. The van der Waals surface area contributed by atoms with Gasteiger partial charge in [0.2, 0.25) is 0 Å². The van der Waals surface area contributed by atoms with Crippen LogP contribution in [0, 0.1) is 11.7 Å². The molecule has 1 fully saturated rings. The standard InChI is InChI=1S/C15H20FNO3/c1-17(10-12-6-8-19-9-7-12)15(18)11-20-14-5-3-2-4-13(14)16/h2-5,12H,6-11H2,1H3. The van der Waals surface area contributed by atoms with Crippen LogP contribution in [0.1, 0.15) is 12.8 Å². The number of amides is 1. The average molecular weight is 281 g/mol. The van der Waals surface area contributed by atoms with E-state index < -0.39 is 5.82 Å². The van der Waals surface area contributed by atoms with Crippen LogP contribution in [-0.2, 0) is 9.53 Å². The van der Waals surface area contributed by atoms with E-state index in [1.165, 1.54) is 12.1 Å². The molecule has 0 bridgehead atoms. The molecule has 1 amide bonds. The number of hydrogen-bond donors (Lipinski definition) is 0. The second-order valence-corrected chi connectivity index (χ2v) is 5.05. The van der Waals surface area contributed by atoms with Crippen molar-refractivity contribution in [3.8, 4) is 5.75 Å². The van der Waals surface area contributed by atoms with Gasteiger partial charge in [-0.2, -0.15) is 0 Å². The maximum Gasteiger partial charge on any atom is 0.260 e. The highest BCUT2D eigenvalue weighted by molar-refractivity contribution is 5.77. The van der Waals surface area contributed by atoms with Gasteiger partial charge in [0, 0.05) is 26.8 Å². The van der Waals surface area contributed by atoms with Crippen LogP contribution in [0.4, 0.5) is 4.39 Å². The zero-order valence-corrected chi connectivity index (χ0v) is 11.7. The zero-order chi connectivity index (χ0) is 14.4. The van der Waals surface area contributed by atoms with Gasteiger partial charge in [-0.3, -0.25) is 4.79 Å². The second kappa shape index (κ2) is 7.24. The monoisotopic (exact) mass is 281 g/mol. The van der Waals surface area contributed by atoms with Gasteiger partial charge in [-0.25, -0.2) is 4.39 Å². The lowest BCUT2D eigenvalue weighted by Gasteiger charge is -2.27. The number of carbonyl (C=O) groups is 1. The third kappa shape index (κ3) is 4.20. The number of ether oxygens (including phenoxy) is 2. The summed E-state index contributed by atoms with van der Waals surface area (Å²) >= 11 is 0. The predicted octanol–water partition coefficient (Wildman–Crippen LogP) is 2.09. The summed E-state index contributed by atoms with van der Waals surface area (Å²) in [5.74, 6) is -0.00129. The van der Waals surface area contributed by atoms with E-state index >= 15 is 0 Å². The molecule has 0 aromatic heterocycles. The van der Waals surface area contributed by atoms with E-state index in [2.05, 4.69) is 0 Å². The van der Waals surface area contributed by atoms with Crippen LogP contribution >= 0.6 is 0 Å². The Labute approximate surface area is 118 Å². The first-order chi connectivity index (χ1) is 9.66. The molecule has 0 unspecified atom stereocenters. The fourth-order valence-electron chi connectivity index (χ4n) is 2.23. The van der Waals surface area contributed by atoms with Crippen LogP contribution in [0.2, 0.25) is 0 Å². The highest BCUT2D eigenvalue weighted by Crippen LogP contribution is 2.17. The number of benzene rings is 1. The Hall–Kier alpha value is -1.62. The van der Waals surface area contributed by atoms with Crippen molar-refractivity contribution in [2.75, 3.05) is 33.4 Å². The average Bonchev–Trinajstić information content (AvgIpc) is 2.47. The summed E-state index contributed by atoms with van der Waals surface area (Å²) in [5.41, 5.74) is 0.